The topological polar surface area (TPSA) is 57.6 Å². The molecule has 1 N–H and O–H groups in total. The largest absolute Gasteiger partial charge is 0.505 e. The monoisotopic (exact) mass is 245 g/mol. The second kappa shape index (κ2) is 4.64. The van der Waals surface area contributed by atoms with Crippen LogP contribution < -0.4 is 0 Å². The molecule has 1 aromatic rings. The number of fused-ring (bicyclic) bond motifs is 1. The zero-order valence-corrected chi connectivity index (χ0v) is 10.4. The number of ketones is 2. The lowest BCUT2D eigenvalue weighted by Gasteiger charge is -2.27. The number of nitrogens with zero attached hydrogens (tertiary/aromatic N) is 1. The van der Waals surface area contributed by atoms with E-state index in [1.807, 2.05) is 13.8 Å². The normalized spacial score (nSPS) is 14.8. The highest BCUT2D eigenvalue weighted by atomic mass is 16.3. The quantitative estimate of drug-likeness (QED) is 0.828. The summed E-state index contributed by atoms with van der Waals surface area (Å²) in [4.78, 5) is 25.7. The van der Waals surface area contributed by atoms with Gasteiger partial charge in [0.1, 0.15) is 5.70 Å². The summed E-state index contributed by atoms with van der Waals surface area (Å²) < 4.78 is 0. The standard InChI is InChI=1S/C14H15NO3/c1-3-15(4-2)11-12(16)9-7-5-6-8-10(9)13(17)14(11)18/h5-8,16H,3-4H2,1-2H3. The second-order valence-corrected chi connectivity index (χ2v) is 4.07. The van der Waals surface area contributed by atoms with Crippen LogP contribution in [0.1, 0.15) is 29.8 Å². The summed E-state index contributed by atoms with van der Waals surface area (Å²) in [7, 11) is 0. The van der Waals surface area contributed by atoms with E-state index in [4.69, 9.17) is 0 Å². The van der Waals surface area contributed by atoms with Gasteiger partial charge in [0.05, 0.1) is 0 Å². The Morgan fingerprint density at radius 2 is 1.56 bits per heavy atom. The van der Waals surface area contributed by atoms with Crippen molar-refractivity contribution in [3.63, 3.8) is 0 Å². The zero-order chi connectivity index (χ0) is 13.3. The van der Waals surface area contributed by atoms with Crippen molar-refractivity contribution in [1.82, 2.24) is 4.90 Å². The molecular weight excluding hydrogens is 230 g/mol. The van der Waals surface area contributed by atoms with E-state index in [0.717, 1.165) is 0 Å². The molecule has 0 aromatic heterocycles. The van der Waals surface area contributed by atoms with Crippen molar-refractivity contribution in [2.75, 3.05) is 13.1 Å². The van der Waals surface area contributed by atoms with Gasteiger partial charge in [-0.1, -0.05) is 24.3 Å². The minimum atomic E-state index is -0.630. The van der Waals surface area contributed by atoms with E-state index >= 15 is 0 Å². The molecule has 0 unspecified atom stereocenters. The number of Topliss-reactive ketones (excluding diaryl/α,β-unsaturated/α-hetero) is 2. The molecule has 0 amide bonds. The third kappa shape index (κ3) is 1.70. The average molecular weight is 245 g/mol. The maximum Gasteiger partial charge on any atom is 0.253 e. The number of rotatable bonds is 3. The zero-order valence-electron chi connectivity index (χ0n) is 10.4. The first-order valence-electron chi connectivity index (χ1n) is 5.98. The van der Waals surface area contributed by atoms with E-state index in [2.05, 4.69) is 0 Å². The SMILES string of the molecule is CCN(CC)C1=C(O)c2ccccc2C(=O)C1=O. The summed E-state index contributed by atoms with van der Waals surface area (Å²) in [5.74, 6) is -1.28. The van der Waals surface area contributed by atoms with Crippen LogP contribution in [-0.4, -0.2) is 34.7 Å². The summed E-state index contributed by atoms with van der Waals surface area (Å²) >= 11 is 0. The fourth-order valence-electron chi connectivity index (χ4n) is 2.19. The predicted octanol–water partition coefficient (Wildman–Crippen LogP) is 2.02. The van der Waals surface area contributed by atoms with Crippen LogP contribution in [0.3, 0.4) is 0 Å². The Morgan fingerprint density at radius 3 is 2.11 bits per heavy atom. The van der Waals surface area contributed by atoms with Crippen LogP contribution in [0.25, 0.3) is 5.76 Å². The number of aliphatic hydroxyl groups excluding tert-OH is 1. The Balaban J connectivity index is 2.65. The molecule has 2 rings (SSSR count). The van der Waals surface area contributed by atoms with Crippen molar-refractivity contribution in [1.29, 1.82) is 0 Å². The van der Waals surface area contributed by atoms with Crippen LogP contribution in [0.15, 0.2) is 30.0 Å². The first-order chi connectivity index (χ1) is 8.61. The molecule has 0 saturated carbocycles. The molecule has 0 radical (unpaired) electrons. The van der Waals surface area contributed by atoms with E-state index in [1.54, 1.807) is 29.2 Å². The van der Waals surface area contributed by atoms with E-state index < -0.39 is 11.6 Å². The third-order valence-electron chi connectivity index (χ3n) is 3.15. The fourth-order valence-corrected chi connectivity index (χ4v) is 2.19. The van der Waals surface area contributed by atoms with Gasteiger partial charge in [-0.25, -0.2) is 0 Å². The molecule has 1 aromatic carbocycles. The molecule has 0 fully saturated rings. The number of carbonyl (C=O) groups excluding carboxylic acids is 2. The number of aliphatic hydroxyl groups is 1. The van der Waals surface area contributed by atoms with Crippen LogP contribution in [0.5, 0.6) is 0 Å². The molecule has 0 aliphatic heterocycles. The Hall–Kier alpha value is -2.10. The summed E-state index contributed by atoms with van der Waals surface area (Å²) in [6.07, 6.45) is 0. The van der Waals surface area contributed by atoms with Crippen molar-refractivity contribution in [3.05, 3.63) is 41.1 Å². The van der Waals surface area contributed by atoms with Crippen molar-refractivity contribution in [2.24, 2.45) is 0 Å². The number of hydrogen-bond donors (Lipinski definition) is 1. The highest BCUT2D eigenvalue weighted by Gasteiger charge is 2.34. The van der Waals surface area contributed by atoms with Gasteiger partial charge in [-0.15, -0.1) is 0 Å². The van der Waals surface area contributed by atoms with Gasteiger partial charge < -0.3 is 10.0 Å². The van der Waals surface area contributed by atoms with Crippen LogP contribution in [-0.2, 0) is 4.79 Å². The Labute approximate surface area is 106 Å². The maximum absolute atomic E-state index is 12.0. The van der Waals surface area contributed by atoms with Crippen molar-refractivity contribution in [2.45, 2.75) is 13.8 Å². The van der Waals surface area contributed by atoms with E-state index in [-0.39, 0.29) is 17.0 Å². The maximum atomic E-state index is 12.0. The third-order valence-corrected chi connectivity index (χ3v) is 3.15. The second-order valence-electron chi connectivity index (χ2n) is 4.07. The van der Waals surface area contributed by atoms with Gasteiger partial charge in [0.2, 0.25) is 5.78 Å². The molecule has 4 heteroatoms. The summed E-state index contributed by atoms with van der Waals surface area (Å²) in [5, 5.41) is 10.2. The lowest BCUT2D eigenvalue weighted by molar-refractivity contribution is -0.113. The molecule has 0 atom stereocenters. The smallest absolute Gasteiger partial charge is 0.253 e. The van der Waals surface area contributed by atoms with Gasteiger partial charge >= 0.3 is 0 Å². The molecule has 0 bridgehead atoms. The Bertz CT molecular complexity index is 542. The Kier molecular flexibility index (Phi) is 3.19. The van der Waals surface area contributed by atoms with Crippen molar-refractivity contribution in [3.8, 4) is 0 Å². The van der Waals surface area contributed by atoms with Crippen LogP contribution >= 0.6 is 0 Å². The molecule has 0 spiro atoms. The molecule has 18 heavy (non-hydrogen) atoms. The highest BCUT2D eigenvalue weighted by molar-refractivity contribution is 6.52. The number of allylic oxidation sites excluding steroid dienone is 1. The van der Waals surface area contributed by atoms with Gasteiger partial charge in [-0.2, -0.15) is 0 Å². The molecule has 94 valence electrons. The molecular formula is C14H15NO3. The van der Waals surface area contributed by atoms with E-state index in [0.29, 0.717) is 18.7 Å². The van der Waals surface area contributed by atoms with E-state index in [1.165, 1.54) is 0 Å². The van der Waals surface area contributed by atoms with Gasteiger partial charge in [0.25, 0.3) is 5.78 Å². The van der Waals surface area contributed by atoms with Crippen molar-refractivity contribution < 1.29 is 14.7 Å². The number of hydrogen-bond acceptors (Lipinski definition) is 4. The van der Waals surface area contributed by atoms with Gasteiger partial charge in [0.15, 0.2) is 5.76 Å². The predicted molar refractivity (Wildman–Crippen MR) is 68.2 cm³/mol. The molecule has 0 saturated heterocycles. The van der Waals surface area contributed by atoms with Gasteiger partial charge in [-0.3, -0.25) is 9.59 Å². The summed E-state index contributed by atoms with van der Waals surface area (Å²) in [6.45, 7) is 4.89. The van der Waals surface area contributed by atoms with Gasteiger partial charge in [0, 0.05) is 24.2 Å². The van der Waals surface area contributed by atoms with Crippen LogP contribution in [0.4, 0.5) is 0 Å². The van der Waals surface area contributed by atoms with Crippen LogP contribution in [0, 0.1) is 0 Å². The minimum Gasteiger partial charge on any atom is -0.505 e. The number of likely N-dealkylation sites (N-methyl/N-ethyl adjacent to an activating group) is 1. The lowest BCUT2D eigenvalue weighted by Crippen LogP contribution is -2.35. The minimum absolute atomic E-state index is 0.0982. The summed E-state index contributed by atoms with van der Waals surface area (Å²) in [6, 6.07) is 6.63. The fraction of sp³-hybridized carbons (Fsp3) is 0.286. The Morgan fingerprint density at radius 1 is 1.00 bits per heavy atom. The highest BCUT2D eigenvalue weighted by Crippen LogP contribution is 2.29. The molecule has 1 aliphatic rings. The van der Waals surface area contributed by atoms with Gasteiger partial charge in [-0.05, 0) is 13.8 Å². The number of benzene rings is 1. The summed E-state index contributed by atoms with van der Waals surface area (Å²) in [5.41, 5.74) is 0.823. The van der Waals surface area contributed by atoms with Crippen LogP contribution in [0.2, 0.25) is 0 Å². The van der Waals surface area contributed by atoms with Crippen molar-refractivity contribution >= 4 is 17.3 Å². The molecule has 1 aliphatic carbocycles. The molecule has 0 heterocycles. The van der Waals surface area contributed by atoms with E-state index in [9.17, 15) is 14.7 Å². The number of carbonyl (C=O) groups is 2. The first-order valence-corrected chi connectivity index (χ1v) is 5.98. The average Bonchev–Trinajstić information content (AvgIpc) is 2.41. The first kappa shape index (κ1) is 12.4. The molecule has 4 nitrogen and oxygen atoms in total. The lowest BCUT2D eigenvalue weighted by atomic mass is 9.91.